The number of amides is 1. The molecule has 2 heterocycles. The first kappa shape index (κ1) is 27.6. The summed E-state index contributed by atoms with van der Waals surface area (Å²) in [6.45, 7) is 6.20. The number of aromatic nitrogens is 1. The highest BCUT2D eigenvalue weighted by molar-refractivity contribution is 7.80. The summed E-state index contributed by atoms with van der Waals surface area (Å²) in [6.07, 6.45) is 2.89. The van der Waals surface area contributed by atoms with Crippen molar-refractivity contribution < 1.29 is 13.6 Å². The minimum atomic E-state index is -0.430. The van der Waals surface area contributed by atoms with Crippen molar-refractivity contribution in [3.05, 3.63) is 99.7 Å². The molecule has 0 spiro atoms. The highest BCUT2D eigenvalue weighted by Gasteiger charge is 2.13. The maximum atomic E-state index is 12.5. The summed E-state index contributed by atoms with van der Waals surface area (Å²) < 4.78 is 11.8. The number of furan rings is 1. The monoisotopic (exact) mass is 589 g/mol. The van der Waals surface area contributed by atoms with Gasteiger partial charge in [0.05, 0.1) is 10.7 Å². The number of halogens is 2. The Bertz CT molecular complexity index is 1770. The number of nitrogens with zero attached hydrogens (tertiary/aromatic N) is 1. The Morgan fingerprint density at radius 1 is 0.950 bits per heavy atom. The Morgan fingerprint density at radius 2 is 1.75 bits per heavy atom. The number of hydrogen-bond donors (Lipinski definition) is 2. The van der Waals surface area contributed by atoms with Crippen LogP contribution in [0.3, 0.4) is 0 Å². The Kier molecular flexibility index (Phi) is 8.07. The van der Waals surface area contributed by atoms with Gasteiger partial charge in [-0.05, 0) is 90.8 Å². The number of benzene rings is 3. The summed E-state index contributed by atoms with van der Waals surface area (Å²) >= 11 is 17.9. The molecule has 0 unspecified atom stereocenters. The number of oxazole rings is 1. The van der Waals surface area contributed by atoms with Crippen molar-refractivity contribution in [2.45, 2.75) is 26.7 Å². The Morgan fingerprint density at radius 3 is 2.52 bits per heavy atom. The van der Waals surface area contributed by atoms with Crippen LogP contribution < -0.4 is 10.6 Å². The number of carbonyl (C=O) groups excluding carboxylic acids is 1. The highest BCUT2D eigenvalue weighted by atomic mass is 35.5. The topological polar surface area (TPSA) is 80.3 Å². The zero-order valence-electron chi connectivity index (χ0n) is 21.9. The second-order valence-corrected chi connectivity index (χ2v) is 10.8. The summed E-state index contributed by atoms with van der Waals surface area (Å²) in [6, 6.07) is 20.6. The van der Waals surface area contributed by atoms with Gasteiger partial charge >= 0.3 is 0 Å². The van der Waals surface area contributed by atoms with Crippen LogP contribution in [0.4, 0.5) is 5.69 Å². The molecule has 202 valence electrons. The van der Waals surface area contributed by atoms with Crippen LogP contribution in [0.1, 0.15) is 36.7 Å². The van der Waals surface area contributed by atoms with Gasteiger partial charge in [-0.1, -0.05) is 55.2 Å². The predicted octanol–water partition coefficient (Wildman–Crippen LogP) is 9.02. The normalized spacial score (nSPS) is 11.4. The minimum Gasteiger partial charge on any atom is -0.457 e. The first-order valence-corrected chi connectivity index (χ1v) is 13.7. The van der Waals surface area contributed by atoms with Crippen LogP contribution >= 0.6 is 35.4 Å². The standard InChI is InChI=1S/C31H25Cl2N3O3S/c1-17(2)19-7-11-28-26(15-19)34-30(39-28)21-6-10-23(32)25(16-21)35-31(40)36-29(37)13-9-22-8-12-27(38-22)20-5-4-18(3)24(33)14-20/h4-17H,1-3H3,(H2,35,36,37,40)/b13-9+. The number of hydrogen-bond acceptors (Lipinski definition) is 5. The van der Waals surface area contributed by atoms with Gasteiger partial charge in [-0.15, -0.1) is 0 Å². The van der Waals surface area contributed by atoms with Gasteiger partial charge in [-0.3, -0.25) is 10.1 Å². The van der Waals surface area contributed by atoms with E-state index < -0.39 is 5.91 Å². The number of carbonyl (C=O) groups is 1. The lowest BCUT2D eigenvalue weighted by atomic mass is 10.0. The smallest absolute Gasteiger partial charge is 0.250 e. The molecule has 0 radical (unpaired) electrons. The molecule has 0 aliphatic heterocycles. The predicted molar refractivity (Wildman–Crippen MR) is 166 cm³/mol. The Hall–Kier alpha value is -3.91. The molecule has 1 amide bonds. The lowest BCUT2D eigenvalue weighted by molar-refractivity contribution is -0.115. The lowest BCUT2D eigenvalue weighted by Gasteiger charge is -2.10. The van der Waals surface area contributed by atoms with Gasteiger partial charge in [0, 0.05) is 22.2 Å². The van der Waals surface area contributed by atoms with Gasteiger partial charge in [0.15, 0.2) is 10.7 Å². The molecule has 2 aromatic heterocycles. The number of fused-ring (bicyclic) bond motifs is 1. The molecule has 6 nitrogen and oxygen atoms in total. The van der Waals surface area contributed by atoms with E-state index in [0.717, 1.165) is 16.6 Å². The van der Waals surface area contributed by atoms with E-state index in [1.807, 2.05) is 55.5 Å². The van der Waals surface area contributed by atoms with E-state index in [4.69, 9.17) is 44.3 Å². The third-order valence-corrected chi connectivity index (χ3v) is 7.20. The highest BCUT2D eigenvalue weighted by Crippen LogP contribution is 2.32. The molecule has 9 heteroatoms. The van der Waals surface area contributed by atoms with E-state index >= 15 is 0 Å². The number of nitrogens with one attached hydrogen (secondary N) is 2. The third-order valence-electron chi connectivity index (χ3n) is 6.26. The molecule has 0 atom stereocenters. The van der Waals surface area contributed by atoms with Crippen LogP contribution in [0.5, 0.6) is 0 Å². The van der Waals surface area contributed by atoms with Crippen LogP contribution in [0, 0.1) is 6.92 Å². The molecule has 0 aliphatic carbocycles. The number of rotatable bonds is 6. The fourth-order valence-corrected chi connectivity index (χ4v) is 4.55. The molecule has 0 bridgehead atoms. The first-order chi connectivity index (χ1) is 19.2. The van der Waals surface area contributed by atoms with Crippen molar-refractivity contribution in [3.8, 4) is 22.8 Å². The number of thiocarbonyl (C=S) groups is 1. The Balaban J connectivity index is 1.24. The van der Waals surface area contributed by atoms with Crippen LogP contribution in [0.15, 0.2) is 81.6 Å². The van der Waals surface area contributed by atoms with Gasteiger partial charge in [0.2, 0.25) is 11.8 Å². The van der Waals surface area contributed by atoms with Crippen molar-refractivity contribution >= 4 is 69.3 Å². The van der Waals surface area contributed by atoms with E-state index in [1.54, 1.807) is 24.3 Å². The molecule has 40 heavy (non-hydrogen) atoms. The average Bonchev–Trinajstić information content (AvgIpc) is 3.57. The summed E-state index contributed by atoms with van der Waals surface area (Å²) in [7, 11) is 0. The van der Waals surface area contributed by atoms with E-state index in [9.17, 15) is 4.79 Å². The SMILES string of the molecule is Cc1ccc(-c2ccc(/C=C/C(=O)NC(=S)Nc3cc(-c4nc5cc(C(C)C)ccc5o4)ccc3Cl)o2)cc1Cl. The van der Waals surface area contributed by atoms with Crippen molar-refractivity contribution in [2.75, 3.05) is 5.32 Å². The molecular weight excluding hydrogens is 565 g/mol. The lowest BCUT2D eigenvalue weighted by Crippen LogP contribution is -2.32. The molecule has 0 fully saturated rings. The van der Waals surface area contributed by atoms with Crippen molar-refractivity contribution in [3.63, 3.8) is 0 Å². The van der Waals surface area contributed by atoms with Gasteiger partial charge in [-0.25, -0.2) is 4.98 Å². The number of aryl methyl sites for hydroxylation is 1. The van der Waals surface area contributed by atoms with Crippen LogP contribution in [0.25, 0.3) is 40.0 Å². The van der Waals surface area contributed by atoms with Crippen LogP contribution in [-0.4, -0.2) is 16.0 Å². The van der Waals surface area contributed by atoms with E-state index in [0.29, 0.717) is 50.2 Å². The van der Waals surface area contributed by atoms with Crippen LogP contribution in [-0.2, 0) is 4.79 Å². The summed E-state index contributed by atoms with van der Waals surface area (Å²) in [4.78, 5) is 17.1. The molecule has 0 saturated heterocycles. The second kappa shape index (κ2) is 11.7. The average molecular weight is 591 g/mol. The first-order valence-electron chi connectivity index (χ1n) is 12.5. The molecule has 2 N–H and O–H groups in total. The van der Waals surface area contributed by atoms with Crippen molar-refractivity contribution in [1.29, 1.82) is 0 Å². The minimum absolute atomic E-state index is 0.0854. The van der Waals surface area contributed by atoms with E-state index in [-0.39, 0.29) is 5.11 Å². The molecule has 5 aromatic rings. The summed E-state index contributed by atoms with van der Waals surface area (Å²) in [5.74, 6) is 1.57. The maximum Gasteiger partial charge on any atom is 0.250 e. The molecule has 3 aromatic carbocycles. The van der Waals surface area contributed by atoms with Gasteiger partial charge in [0.1, 0.15) is 17.0 Å². The van der Waals surface area contributed by atoms with Crippen molar-refractivity contribution in [1.82, 2.24) is 10.3 Å². The van der Waals surface area contributed by atoms with E-state index in [2.05, 4.69) is 29.5 Å². The second-order valence-electron chi connectivity index (χ2n) is 9.54. The molecule has 0 saturated carbocycles. The number of anilines is 1. The van der Waals surface area contributed by atoms with Crippen LogP contribution in [0.2, 0.25) is 10.0 Å². The summed E-state index contributed by atoms with van der Waals surface area (Å²) in [5.41, 5.74) is 5.72. The fraction of sp³-hybridized carbons (Fsp3) is 0.129. The third kappa shape index (κ3) is 6.28. The fourth-order valence-electron chi connectivity index (χ4n) is 3.99. The molecule has 5 rings (SSSR count). The zero-order chi connectivity index (χ0) is 28.4. The maximum absolute atomic E-state index is 12.5. The van der Waals surface area contributed by atoms with Crippen molar-refractivity contribution in [2.24, 2.45) is 0 Å². The van der Waals surface area contributed by atoms with E-state index in [1.165, 1.54) is 11.6 Å². The molecular formula is C31H25Cl2N3O3S. The quantitative estimate of drug-likeness (QED) is 0.152. The van der Waals surface area contributed by atoms with Gasteiger partial charge < -0.3 is 14.2 Å². The largest absolute Gasteiger partial charge is 0.457 e. The summed E-state index contributed by atoms with van der Waals surface area (Å²) in [5, 5.41) is 6.75. The Labute approximate surface area is 247 Å². The van der Waals surface area contributed by atoms with Gasteiger partial charge in [-0.2, -0.15) is 0 Å². The zero-order valence-corrected chi connectivity index (χ0v) is 24.2. The molecule has 0 aliphatic rings. The van der Waals surface area contributed by atoms with Gasteiger partial charge in [0.25, 0.3) is 0 Å².